The Morgan fingerprint density at radius 1 is 1.38 bits per heavy atom. The first kappa shape index (κ1) is 4.77. The van der Waals surface area contributed by atoms with E-state index in [0.717, 1.165) is 12.8 Å². The van der Waals surface area contributed by atoms with Crippen LogP contribution >= 0.6 is 0 Å². The molecule has 1 saturated carbocycles. The maximum absolute atomic E-state index is 9.09. The largest absolute Gasteiger partial charge is 0.390 e. The number of ether oxygens (including phenoxy) is 1. The van der Waals surface area contributed by atoms with E-state index in [-0.39, 0.29) is 12.2 Å². The van der Waals surface area contributed by atoms with Crippen molar-refractivity contribution in [2.75, 3.05) is 0 Å². The summed E-state index contributed by atoms with van der Waals surface area (Å²) in [5.41, 5.74) is 0. The minimum Gasteiger partial charge on any atom is -0.390 e. The van der Waals surface area contributed by atoms with Gasteiger partial charge in [-0.1, -0.05) is 0 Å². The van der Waals surface area contributed by atoms with Crippen molar-refractivity contribution < 1.29 is 9.84 Å². The number of fused-ring (bicyclic) bond motifs is 1. The number of rotatable bonds is 0. The van der Waals surface area contributed by atoms with Gasteiger partial charge in [-0.05, 0) is 19.3 Å². The lowest BCUT2D eigenvalue weighted by atomic mass is 9.98. The number of aliphatic hydroxyl groups excluding tert-OH is 1. The maximum Gasteiger partial charge on any atom is 0.110 e. The highest BCUT2D eigenvalue weighted by Crippen LogP contribution is 2.36. The van der Waals surface area contributed by atoms with Crippen molar-refractivity contribution >= 4 is 0 Å². The molecule has 0 unspecified atom stereocenters. The van der Waals surface area contributed by atoms with E-state index in [1.165, 1.54) is 6.42 Å². The van der Waals surface area contributed by atoms with E-state index in [1.807, 2.05) is 0 Å². The standard InChI is InChI=1S/C6H10O2/c7-4-2-1-3-5-6(4)8-5/h4-7H,1-3H2/t4-,5-,6-/m0/s1. The van der Waals surface area contributed by atoms with Gasteiger partial charge in [0.15, 0.2) is 0 Å². The van der Waals surface area contributed by atoms with E-state index < -0.39 is 0 Å². The lowest BCUT2D eigenvalue weighted by Crippen LogP contribution is -2.20. The molecule has 0 radical (unpaired) electrons. The van der Waals surface area contributed by atoms with Crippen LogP contribution in [-0.4, -0.2) is 23.4 Å². The van der Waals surface area contributed by atoms with Crippen molar-refractivity contribution in [3.63, 3.8) is 0 Å². The van der Waals surface area contributed by atoms with E-state index in [4.69, 9.17) is 9.84 Å². The van der Waals surface area contributed by atoms with Crippen LogP contribution in [0.1, 0.15) is 19.3 Å². The molecule has 2 heteroatoms. The lowest BCUT2D eigenvalue weighted by Gasteiger charge is -2.10. The van der Waals surface area contributed by atoms with E-state index in [9.17, 15) is 0 Å². The second-order valence-corrected chi connectivity index (χ2v) is 2.64. The van der Waals surface area contributed by atoms with Gasteiger partial charge in [0.1, 0.15) is 6.10 Å². The molecule has 1 saturated heterocycles. The molecule has 1 aliphatic carbocycles. The molecule has 0 aromatic carbocycles. The van der Waals surface area contributed by atoms with Crippen LogP contribution in [0.5, 0.6) is 0 Å². The van der Waals surface area contributed by atoms with Crippen molar-refractivity contribution in [2.45, 2.75) is 37.6 Å². The Hall–Kier alpha value is -0.0800. The molecule has 2 fully saturated rings. The molecule has 2 rings (SSSR count). The van der Waals surface area contributed by atoms with Crippen LogP contribution in [0.25, 0.3) is 0 Å². The van der Waals surface area contributed by atoms with Gasteiger partial charge in [0.05, 0.1) is 12.2 Å². The Kier molecular flexibility index (Phi) is 0.866. The van der Waals surface area contributed by atoms with Crippen LogP contribution in [0.4, 0.5) is 0 Å². The third-order valence-corrected chi connectivity index (χ3v) is 1.99. The van der Waals surface area contributed by atoms with Crippen molar-refractivity contribution in [1.82, 2.24) is 0 Å². The summed E-state index contributed by atoms with van der Waals surface area (Å²) >= 11 is 0. The SMILES string of the molecule is O[C@H]1CCC[C@@H]2O[C@H]21. The first-order valence-electron chi connectivity index (χ1n) is 3.21. The van der Waals surface area contributed by atoms with Gasteiger partial charge in [0.2, 0.25) is 0 Å². The van der Waals surface area contributed by atoms with Gasteiger partial charge in [0, 0.05) is 0 Å². The Morgan fingerprint density at radius 2 is 2.25 bits per heavy atom. The molecule has 0 amide bonds. The number of hydrogen-bond acceptors (Lipinski definition) is 2. The molecule has 0 spiro atoms. The van der Waals surface area contributed by atoms with Crippen LogP contribution in [0.15, 0.2) is 0 Å². The molecule has 2 nitrogen and oxygen atoms in total. The minimum atomic E-state index is -0.145. The summed E-state index contributed by atoms with van der Waals surface area (Å²) in [4.78, 5) is 0. The van der Waals surface area contributed by atoms with Crippen molar-refractivity contribution in [3.8, 4) is 0 Å². The fourth-order valence-corrected chi connectivity index (χ4v) is 1.42. The van der Waals surface area contributed by atoms with E-state index in [0.29, 0.717) is 6.10 Å². The van der Waals surface area contributed by atoms with E-state index in [1.54, 1.807) is 0 Å². The normalized spacial score (nSPS) is 52.9. The topological polar surface area (TPSA) is 32.8 Å². The summed E-state index contributed by atoms with van der Waals surface area (Å²) in [6.07, 6.45) is 3.77. The van der Waals surface area contributed by atoms with Crippen LogP contribution in [-0.2, 0) is 4.74 Å². The Morgan fingerprint density at radius 3 is 2.88 bits per heavy atom. The highest BCUT2D eigenvalue weighted by atomic mass is 16.6. The monoisotopic (exact) mass is 114 g/mol. The van der Waals surface area contributed by atoms with Crippen molar-refractivity contribution in [3.05, 3.63) is 0 Å². The summed E-state index contributed by atoms with van der Waals surface area (Å²) in [6.45, 7) is 0. The van der Waals surface area contributed by atoms with Crippen molar-refractivity contribution in [2.24, 2.45) is 0 Å². The molecule has 2 aliphatic rings. The van der Waals surface area contributed by atoms with E-state index in [2.05, 4.69) is 0 Å². The van der Waals surface area contributed by atoms with Gasteiger partial charge < -0.3 is 9.84 Å². The molecular formula is C6H10O2. The molecule has 1 heterocycles. The molecule has 46 valence electrons. The molecule has 8 heavy (non-hydrogen) atoms. The Bertz CT molecular complexity index is 103. The molecule has 0 aromatic rings. The van der Waals surface area contributed by atoms with Crippen LogP contribution in [0.3, 0.4) is 0 Å². The molecule has 0 aromatic heterocycles. The maximum atomic E-state index is 9.09. The van der Waals surface area contributed by atoms with Gasteiger partial charge in [0.25, 0.3) is 0 Å². The number of aliphatic hydroxyl groups is 1. The molecular weight excluding hydrogens is 104 g/mol. The third kappa shape index (κ3) is 0.565. The first-order chi connectivity index (χ1) is 3.88. The zero-order valence-corrected chi connectivity index (χ0v) is 4.71. The highest BCUT2D eigenvalue weighted by Gasteiger charge is 2.46. The number of hydrogen-bond donors (Lipinski definition) is 1. The third-order valence-electron chi connectivity index (χ3n) is 1.99. The summed E-state index contributed by atoms with van der Waals surface area (Å²) in [5.74, 6) is 0. The quantitative estimate of drug-likeness (QED) is 0.459. The molecule has 3 atom stereocenters. The van der Waals surface area contributed by atoms with Crippen LogP contribution in [0.2, 0.25) is 0 Å². The summed E-state index contributed by atoms with van der Waals surface area (Å²) in [5, 5.41) is 9.09. The van der Waals surface area contributed by atoms with Gasteiger partial charge in [-0.25, -0.2) is 0 Å². The lowest BCUT2D eigenvalue weighted by molar-refractivity contribution is 0.124. The fourth-order valence-electron chi connectivity index (χ4n) is 1.42. The average Bonchev–Trinajstić information content (AvgIpc) is 2.45. The summed E-state index contributed by atoms with van der Waals surface area (Å²) in [6, 6.07) is 0. The average molecular weight is 114 g/mol. The Balaban J connectivity index is 1.99. The highest BCUT2D eigenvalue weighted by molar-refractivity contribution is 4.94. The van der Waals surface area contributed by atoms with Gasteiger partial charge in [-0.2, -0.15) is 0 Å². The van der Waals surface area contributed by atoms with Crippen molar-refractivity contribution in [1.29, 1.82) is 0 Å². The molecule has 0 bridgehead atoms. The second kappa shape index (κ2) is 1.45. The minimum absolute atomic E-state index is 0.145. The van der Waals surface area contributed by atoms with Crippen LogP contribution in [0, 0.1) is 0 Å². The Labute approximate surface area is 48.5 Å². The molecule has 1 aliphatic heterocycles. The molecule has 1 N–H and O–H groups in total. The number of epoxide rings is 1. The van der Waals surface area contributed by atoms with Crippen LogP contribution < -0.4 is 0 Å². The second-order valence-electron chi connectivity index (χ2n) is 2.64. The zero-order valence-electron chi connectivity index (χ0n) is 4.71. The predicted octanol–water partition coefficient (Wildman–Crippen LogP) is 0.299. The zero-order chi connectivity index (χ0) is 5.56. The van der Waals surface area contributed by atoms with E-state index >= 15 is 0 Å². The first-order valence-corrected chi connectivity index (χ1v) is 3.21. The summed E-state index contributed by atoms with van der Waals surface area (Å²) in [7, 11) is 0. The van der Waals surface area contributed by atoms with Gasteiger partial charge in [-0.15, -0.1) is 0 Å². The van der Waals surface area contributed by atoms with Gasteiger partial charge >= 0.3 is 0 Å². The smallest absolute Gasteiger partial charge is 0.110 e. The predicted molar refractivity (Wildman–Crippen MR) is 28.5 cm³/mol. The van der Waals surface area contributed by atoms with Gasteiger partial charge in [-0.3, -0.25) is 0 Å². The summed E-state index contributed by atoms with van der Waals surface area (Å²) < 4.78 is 5.14. The fraction of sp³-hybridized carbons (Fsp3) is 1.00.